The van der Waals surface area contributed by atoms with Crippen molar-refractivity contribution >= 4 is 0 Å². The van der Waals surface area contributed by atoms with Crippen LogP contribution in [-0.4, -0.2) is 11.7 Å². The third-order valence-electron chi connectivity index (χ3n) is 0.623. The van der Waals surface area contributed by atoms with Gasteiger partial charge in [-0.25, -0.2) is 5.53 Å². The zero-order valence-electron chi connectivity index (χ0n) is 5.46. The molecule has 0 spiro atoms. The number of unbranched alkanes of at least 4 members (excludes halogenated alkanes) is 1. The van der Waals surface area contributed by atoms with Crippen molar-refractivity contribution in [2.75, 3.05) is 6.54 Å². The van der Waals surface area contributed by atoms with Gasteiger partial charge in [-0.3, -0.25) is 0 Å². The van der Waals surface area contributed by atoms with Crippen LogP contribution in [0.15, 0.2) is 5.11 Å². The molecule has 0 aromatic rings. The quantitative estimate of drug-likeness (QED) is 0.345. The Hall–Kier alpha value is -1.11. The van der Waals surface area contributed by atoms with E-state index in [1.165, 1.54) is 0 Å². The summed E-state index contributed by atoms with van der Waals surface area (Å²) < 4.78 is 0. The predicted molar refractivity (Wildman–Crippen MR) is 32.5 cm³/mol. The van der Waals surface area contributed by atoms with E-state index in [0.29, 0.717) is 6.54 Å². The number of hydrogen-bond acceptors (Lipinski definition) is 4. The van der Waals surface area contributed by atoms with Crippen molar-refractivity contribution in [2.24, 2.45) is 5.11 Å². The van der Waals surface area contributed by atoms with Gasteiger partial charge < -0.3 is 5.11 Å². The van der Waals surface area contributed by atoms with Crippen LogP contribution < -0.4 is 0 Å². The molecule has 9 heavy (non-hydrogen) atoms. The monoisotopic (exact) mass is 129 g/mol. The van der Waals surface area contributed by atoms with Gasteiger partial charge >= 0.3 is 0 Å². The lowest BCUT2D eigenvalue weighted by Crippen LogP contribution is -1.72. The molecule has 0 aromatic carbocycles. The number of rotatable bonds is 3. The van der Waals surface area contributed by atoms with Crippen molar-refractivity contribution in [3.8, 4) is 6.26 Å². The van der Waals surface area contributed by atoms with E-state index in [9.17, 15) is 0 Å². The zero-order chi connectivity index (χ0) is 7.54. The van der Waals surface area contributed by atoms with E-state index >= 15 is 0 Å². The Morgan fingerprint density at radius 3 is 2.33 bits per heavy atom. The Morgan fingerprint density at radius 1 is 1.78 bits per heavy atom. The Kier molecular flexibility index (Phi) is 18.9. The maximum Gasteiger partial charge on any atom is 0.283 e. The summed E-state index contributed by atoms with van der Waals surface area (Å²) in [7, 11) is 0. The molecule has 0 aliphatic heterocycles. The van der Waals surface area contributed by atoms with Gasteiger partial charge in [0.1, 0.15) is 0 Å². The second kappa shape index (κ2) is 15.8. The second-order valence-corrected chi connectivity index (χ2v) is 1.34. The first-order valence-electron chi connectivity index (χ1n) is 2.69. The van der Waals surface area contributed by atoms with E-state index in [-0.39, 0.29) is 0 Å². The summed E-state index contributed by atoms with van der Waals surface area (Å²) in [4.78, 5) is 0. The van der Waals surface area contributed by atoms with Gasteiger partial charge in [-0.2, -0.15) is 10.4 Å². The lowest BCUT2D eigenvalue weighted by Gasteiger charge is -1.80. The van der Waals surface area contributed by atoms with Gasteiger partial charge in [0, 0.05) is 0 Å². The van der Waals surface area contributed by atoms with Gasteiger partial charge in [-0.05, 0) is 6.42 Å². The predicted octanol–water partition coefficient (Wildman–Crippen LogP) is 1.66. The van der Waals surface area contributed by atoms with E-state index in [1.807, 2.05) is 0 Å². The van der Waals surface area contributed by atoms with Gasteiger partial charge in [0.2, 0.25) is 0 Å². The number of nitrogens with zero attached hydrogens (tertiary/aromatic N) is 2. The molecule has 0 atom stereocenters. The molecular weight excluding hydrogens is 118 g/mol. The largest absolute Gasteiger partial charge is 0.443 e. The molecule has 0 heterocycles. The van der Waals surface area contributed by atoms with Crippen LogP contribution in [0.2, 0.25) is 0 Å². The molecule has 0 bridgehead atoms. The van der Waals surface area contributed by atoms with Crippen LogP contribution in [0.1, 0.15) is 19.8 Å². The van der Waals surface area contributed by atoms with E-state index in [4.69, 9.17) is 15.9 Å². The highest BCUT2D eigenvalue weighted by Crippen LogP contribution is 1.83. The molecule has 0 amide bonds. The summed E-state index contributed by atoms with van der Waals surface area (Å²) in [5.41, 5.74) is 6.33. The van der Waals surface area contributed by atoms with E-state index < -0.39 is 0 Å². The Morgan fingerprint density at radius 2 is 2.22 bits per heavy atom. The lowest BCUT2D eigenvalue weighted by molar-refractivity contribution is 0.503. The van der Waals surface area contributed by atoms with E-state index in [1.54, 1.807) is 0 Å². The normalized spacial score (nSPS) is 6.22. The minimum atomic E-state index is 0.705. The summed E-state index contributed by atoms with van der Waals surface area (Å²) in [6, 6.07) is 0. The van der Waals surface area contributed by atoms with Crippen molar-refractivity contribution in [1.29, 1.82) is 10.8 Å². The first kappa shape index (κ1) is 10.8. The minimum absolute atomic E-state index is 0.705. The smallest absolute Gasteiger partial charge is 0.283 e. The fourth-order valence-electron chi connectivity index (χ4n) is 0.237. The van der Waals surface area contributed by atoms with Crippen molar-refractivity contribution < 1.29 is 5.11 Å². The van der Waals surface area contributed by atoms with Crippen molar-refractivity contribution in [3.63, 3.8) is 0 Å². The molecule has 0 aromatic heterocycles. The molecule has 0 aliphatic rings. The standard InChI is InChI=1S/C4H10N2.CHNO/c1-2-3-4-6-5;2-1-3/h5H,2-4H2,1H3;3H. The number of nitriles is 1. The van der Waals surface area contributed by atoms with Crippen LogP contribution in [0.3, 0.4) is 0 Å². The molecule has 0 radical (unpaired) electrons. The zero-order valence-corrected chi connectivity index (χ0v) is 5.46. The SMILES string of the molecule is CCCCN=N.N#CO. The molecule has 0 rings (SSSR count). The maximum absolute atomic E-state index is 6.88. The molecule has 2 N–H and O–H groups in total. The topological polar surface area (TPSA) is 80.2 Å². The fraction of sp³-hybridized carbons (Fsp3) is 0.800. The van der Waals surface area contributed by atoms with Gasteiger partial charge in [0.25, 0.3) is 6.26 Å². The average molecular weight is 129 g/mol. The van der Waals surface area contributed by atoms with E-state index in [2.05, 4.69) is 12.0 Å². The molecule has 0 aliphatic carbocycles. The third kappa shape index (κ3) is 46.1. The van der Waals surface area contributed by atoms with E-state index in [0.717, 1.165) is 19.1 Å². The van der Waals surface area contributed by atoms with Gasteiger partial charge in [-0.1, -0.05) is 13.3 Å². The fourth-order valence-corrected chi connectivity index (χ4v) is 0.237. The van der Waals surface area contributed by atoms with Crippen LogP contribution in [0.25, 0.3) is 0 Å². The van der Waals surface area contributed by atoms with Crippen LogP contribution >= 0.6 is 0 Å². The first-order valence-corrected chi connectivity index (χ1v) is 2.69. The molecule has 0 saturated carbocycles. The highest BCUT2D eigenvalue weighted by molar-refractivity contribution is 4.32. The van der Waals surface area contributed by atoms with Gasteiger partial charge in [0.15, 0.2) is 0 Å². The van der Waals surface area contributed by atoms with Gasteiger partial charge in [-0.15, -0.1) is 0 Å². The number of aliphatic hydroxyl groups excluding tert-OH is 1. The Bertz CT molecular complexity index is 86.7. The third-order valence-corrected chi connectivity index (χ3v) is 0.623. The Balaban J connectivity index is 0. The summed E-state index contributed by atoms with van der Waals surface area (Å²) in [5, 5.41) is 16.9. The Labute approximate surface area is 54.6 Å². The van der Waals surface area contributed by atoms with Crippen LogP contribution in [0.5, 0.6) is 0 Å². The summed E-state index contributed by atoms with van der Waals surface area (Å²) in [6.45, 7) is 2.79. The van der Waals surface area contributed by atoms with Crippen LogP contribution in [-0.2, 0) is 0 Å². The van der Waals surface area contributed by atoms with Crippen molar-refractivity contribution in [1.82, 2.24) is 0 Å². The highest BCUT2D eigenvalue weighted by atomic mass is 16.2. The highest BCUT2D eigenvalue weighted by Gasteiger charge is 1.73. The molecular formula is C5H11N3O. The average Bonchev–Trinajstić information content (AvgIpc) is 1.86. The van der Waals surface area contributed by atoms with Crippen LogP contribution in [0.4, 0.5) is 0 Å². The number of hydrogen-bond donors (Lipinski definition) is 2. The van der Waals surface area contributed by atoms with Crippen LogP contribution in [0, 0.1) is 17.0 Å². The number of aliphatic hydroxyl groups is 1. The summed E-state index contributed by atoms with van der Waals surface area (Å²) in [5.74, 6) is 0. The summed E-state index contributed by atoms with van der Waals surface area (Å²) >= 11 is 0. The summed E-state index contributed by atoms with van der Waals surface area (Å²) in [6.07, 6.45) is 2.95. The second-order valence-electron chi connectivity index (χ2n) is 1.34. The molecule has 4 heteroatoms. The molecule has 4 nitrogen and oxygen atoms in total. The maximum atomic E-state index is 6.88. The lowest BCUT2D eigenvalue weighted by atomic mass is 10.3. The number of nitrogens with one attached hydrogen (secondary N) is 1. The molecule has 0 fully saturated rings. The van der Waals surface area contributed by atoms with Crippen molar-refractivity contribution in [2.45, 2.75) is 19.8 Å². The van der Waals surface area contributed by atoms with Gasteiger partial charge in [0.05, 0.1) is 6.54 Å². The first-order chi connectivity index (χ1) is 4.33. The molecule has 0 saturated heterocycles. The van der Waals surface area contributed by atoms with Crippen molar-refractivity contribution in [3.05, 3.63) is 0 Å². The molecule has 0 unspecified atom stereocenters. The molecule has 52 valence electrons. The minimum Gasteiger partial charge on any atom is -0.443 e.